The number of hydrogen-bond acceptors (Lipinski definition) is 6. The molecule has 3 aromatic rings. The van der Waals surface area contributed by atoms with Crippen molar-refractivity contribution < 1.29 is 31.8 Å². The summed E-state index contributed by atoms with van der Waals surface area (Å²) in [5.41, 5.74) is 0.269. The molecule has 6 nitrogen and oxygen atoms in total. The highest BCUT2D eigenvalue weighted by Crippen LogP contribution is 2.34. The van der Waals surface area contributed by atoms with Crippen molar-refractivity contribution in [2.75, 3.05) is 0 Å². The molecule has 0 saturated heterocycles. The zero-order valence-electron chi connectivity index (χ0n) is 15.2. The van der Waals surface area contributed by atoms with Crippen molar-refractivity contribution in [3.05, 3.63) is 50.9 Å². The Balaban J connectivity index is 1.66. The molecule has 0 N–H and O–H groups in total. The maximum Gasteiger partial charge on any atom is 0.387 e. The lowest BCUT2D eigenvalue weighted by molar-refractivity contribution is -0.0544. The standard InChI is InChI=1S/C19H14F4N2O4S/c20-18(21)28-9-4-5-10(13(6-9)29-19(22)23)12(26)7-25-8-24-16-15(17(25)27)11-2-1-3-14(11)30-16/h4-6,8,18-19H,1-3,7H2. The smallest absolute Gasteiger partial charge is 0.387 e. The minimum atomic E-state index is -3.28. The van der Waals surface area contributed by atoms with E-state index in [-0.39, 0.29) is 11.1 Å². The van der Waals surface area contributed by atoms with Crippen LogP contribution in [0.2, 0.25) is 0 Å². The molecule has 0 amide bonds. The third kappa shape index (κ3) is 3.89. The quantitative estimate of drug-likeness (QED) is 0.408. The summed E-state index contributed by atoms with van der Waals surface area (Å²) >= 11 is 1.45. The monoisotopic (exact) mass is 442 g/mol. The average molecular weight is 442 g/mol. The summed E-state index contributed by atoms with van der Waals surface area (Å²) in [6.45, 7) is -6.93. The molecule has 0 unspecified atom stereocenters. The lowest BCUT2D eigenvalue weighted by atomic mass is 10.1. The van der Waals surface area contributed by atoms with Crippen molar-refractivity contribution in [2.45, 2.75) is 39.0 Å². The number of fused-ring (bicyclic) bond motifs is 3. The minimum absolute atomic E-state index is 0.292. The maximum atomic E-state index is 12.9. The Morgan fingerprint density at radius 1 is 1.17 bits per heavy atom. The van der Waals surface area contributed by atoms with Crippen molar-refractivity contribution in [3.8, 4) is 11.5 Å². The summed E-state index contributed by atoms with van der Waals surface area (Å²) in [5, 5.41) is 0.479. The van der Waals surface area contributed by atoms with Crippen molar-refractivity contribution in [3.63, 3.8) is 0 Å². The van der Waals surface area contributed by atoms with Gasteiger partial charge in [0.15, 0.2) is 5.78 Å². The summed E-state index contributed by atoms with van der Waals surface area (Å²) in [4.78, 5) is 31.5. The molecule has 0 saturated carbocycles. The number of benzene rings is 1. The number of carbonyl (C=O) groups excluding carboxylic acids is 1. The van der Waals surface area contributed by atoms with Crippen molar-refractivity contribution in [1.82, 2.24) is 9.55 Å². The van der Waals surface area contributed by atoms with E-state index < -0.39 is 37.1 Å². The van der Waals surface area contributed by atoms with Crippen LogP contribution in [0.25, 0.3) is 10.2 Å². The average Bonchev–Trinajstić information content (AvgIpc) is 3.24. The molecule has 0 spiro atoms. The summed E-state index contributed by atoms with van der Waals surface area (Å²) in [5.74, 6) is -1.78. The van der Waals surface area contributed by atoms with Gasteiger partial charge in [0.1, 0.15) is 16.3 Å². The number of aromatic nitrogens is 2. The van der Waals surface area contributed by atoms with Gasteiger partial charge in [-0.15, -0.1) is 11.3 Å². The van der Waals surface area contributed by atoms with E-state index >= 15 is 0 Å². The Hall–Kier alpha value is -2.95. The Morgan fingerprint density at radius 2 is 1.93 bits per heavy atom. The Kier molecular flexibility index (Phi) is 5.46. The number of carbonyl (C=O) groups is 1. The maximum absolute atomic E-state index is 12.9. The second-order valence-electron chi connectivity index (χ2n) is 6.55. The predicted octanol–water partition coefficient (Wildman–Crippen LogP) is 4.03. The van der Waals surface area contributed by atoms with E-state index in [1.54, 1.807) is 0 Å². The van der Waals surface area contributed by atoms with E-state index in [4.69, 9.17) is 0 Å². The first-order valence-electron chi connectivity index (χ1n) is 8.90. The van der Waals surface area contributed by atoms with Crippen LogP contribution in [0, 0.1) is 0 Å². The van der Waals surface area contributed by atoms with E-state index in [0.29, 0.717) is 10.2 Å². The molecule has 0 radical (unpaired) electrons. The van der Waals surface area contributed by atoms with E-state index in [9.17, 15) is 27.2 Å². The number of alkyl halides is 4. The highest BCUT2D eigenvalue weighted by Gasteiger charge is 2.23. The first kappa shape index (κ1) is 20.3. The molecule has 1 aromatic carbocycles. The van der Waals surface area contributed by atoms with Crippen LogP contribution in [0.5, 0.6) is 11.5 Å². The van der Waals surface area contributed by atoms with Gasteiger partial charge in [0.25, 0.3) is 5.56 Å². The van der Waals surface area contributed by atoms with Gasteiger partial charge >= 0.3 is 13.2 Å². The molecule has 0 fully saturated rings. The fraction of sp³-hybridized carbons (Fsp3) is 0.316. The lowest BCUT2D eigenvalue weighted by Gasteiger charge is -2.13. The molecule has 1 aliphatic carbocycles. The molecular formula is C19H14F4N2O4S. The summed E-state index contributed by atoms with van der Waals surface area (Å²) in [6.07, 6.45) is 3.83. The molecule has 4 rings (SSSR count). The normalized spacial score (nSPS) is 13.3. The van der Waals surface area contributed by atoms with Crippen LogP contribution in [0.15, 0.2) is 29.3 Å². The van der Waals surface area contributed by atoms with Crippen LogP contribution in [-0.4, -0.2) is 28.6 Å². The number of Topliss-reactive ketones (excluding diaryl/α,β-unsaturated/α-hetero) is 1. The summed E-state index contributed by atoms with van der Waals surface area (Å²) in [7, 11) is 0. The Morgan fingerprint density at radius 3 is 2.67 bits per heavy atom. The Bertz CT molecular complexity index is 1180. The van der Waals surface area contributed by atoms with Gasteiger partial charge in [-0.2, -0.15) is 17.6 Å². The van der Waals surface area contributed by atoms with Gasteiger partial charge < -0.3 is 9.47 Å². The topological polar surface area (TPSA) is 70.4 Å². The molecule has 0 aliphatic heterocycles. The number of rotatable bonds is 7. The summed E-state index contributed by atoms with van der Waals surface area (Å²) < 4.78 is 59.8. The zero-order valence-corrected chi connectivity index (χ0v) is 16.1. The molecular weight excluding hydrogens is 428 g/mol. The fourth-order valence-corrected chi connectivity index (χ4v) is 4.69. The van der Waals surface area contributed by atoms with Crippen LogP contribution in [0.1, 0.15) is 27.2 Å². The largest absolute Gasteiger partial charge is 0.435 e. The van der Waals surface area contributed by atoms with Crippen molar-refractivity contribution in [2.24, 2.45) is 0 Å². The molecule has 0 atom stereocenters. The highest BCUT2D eigenvalue weighted by molar-refractivity contribution is 7.18. The molecule has 2 heterocycles. The number of halogens is 4. The lowest BCUT2D eigenvalue weighted by Crippen LogP contribution is -2.25. The molecule has 1 aliphatic rings. The van der Waals surface area contributed by atoms with Crippen LogP contribution >= 0.6 is 11.3 Å². The van der Waals surface area contributed by atoms with Gasteiger partial charge in [0, 0.05) is 10.9 Å². The molecule has 11 heteroatoms. The van der Waals surface area contributed by atoms with Gasteiger partial charge in [0.2, 0.25) is 0 Å². The molecule has 2 aromatic heterocycles. The van der Waals surface area contributed by atoms with Gasteiger partial charge in [-0.3, -0.25) is 14.2 Å². The predicted molar refractivity (Wildman–Crippen MR) is 99.9 cm³/mol. The number of aryl methyl sites for hydroxylation is 2. The Labute approximate surface area is 170 Å². The van der Waals surface area contributed by atoms with Gasteiger partial charge in [-0.25, -0.2) is 4.98 Å². The fourth-order valence-electron chi connectivity index (χ4n) is 3.47. The van der Waals surface area contributed by atoms with Gasteiger partial charge in [-0.05, 0) is 37.0 Å². The van der Waals surface area contributed by atoms with Crippen molar-refractivity contribution >= 4 is 27.3 Å². The van der Waals surface area contributed by atoms with E-state index in [2.05, 4.69) is 14.5 Å². The summed E-state index contributed by atoms with van der Waals surface area (Å²) in [6, 6.07) is 2.85. The number of nitrogens with zero attached hydrogens (tertiary/aromatic N) is 2. The third-order valence-corrected chi connectivity index (χ3v) is 5.90. The van der Waals surface area contributed by atoms with Gasteiger partial charge in [-0.1, -0.05) is 0 Å². The molecule has 30 heavy (non-hydrogen) atoms. The van der Waals surface area contributed by atoms with E-state index in [1.165, 1.54) is 17.7 Å². The second kappa shape index (κ2) is 8.05. The molecule has 0 bridgehead atoms. The zero-order chi connectivity index (χ0) is 21.4. The van der Waals surface area contributed by atoms with Crippen LogP contribution in [-0.2, 0) is 19.4 Å². The number of ketones is 1. The van der Waals surface area contributed by atoms with E-state index in [0.717, 1.165) is 52.5 Å². The second-order valence-corrected chi connectivity index (χ2v) is 7.64. The number of hydrogen-bond donors (Lipinski definition) is 0. The van der Waals surface area contributed by atoms with Crippen LogP contribution in [0.4, 0.5) is 17.6 Å². The van der Waals surface area contributed by atoms with Gasteiger partial charge in [0.05, 0.1) is 23.8 Å². The van der Waals surface area contributed by atoms with Crippen LogP contribution in [0.3, 0.4) is 0 Å². The van der Waals surface area contributed by atoms with Crippen molar-refractivity contribution in [1.29, 1.82) is 0 Å². The molecule has 158 valence electrons. The van der Waals surface area contributed by atoms with E-state index in [1.807, 2.05) is 0 Å². The SMILES string of the molecule is O=C(Cn1cnc2sc3c(c2c1=O)CCC3)c1ccc(OC(F)F)cc1OC(F)F. The minimum Gasteiger partial charge on any atom is -0.435 e. The highest BCUT2D eigenvalue weighted by atomic mass is 32.1. The first-order valence-corrected chi connectivity index (χ1v) is 9.71. The first-order chi connectivity index (χ1) is 14.3. The number of ether oxygens (including phenoxy) is 2. The third-order valence-electron chi connectivity index (χ3n) is 4.70. The van der Waals surface area contributed by atoms with Crippen LogP contribution < -0.4 is 15.0 Å². The number of thiophene rings is 1.